The van der Waals surface area contributed by atoms with Crippen molar-refractivity contribution in [2.75, 3.05) is 6.54 Å². The molecule has 0 aliphatic rings. The second-order valence-electron chi connectivity index (χ2n) is 2.86. The van der Waals surface area contributed by atoms with Crippen molar-refractivity contribution in [2.45, 2.75) is 6.92 Å². The molecule has 0 aliphatic heterocycles. The predicted octanol–water partition coefficient (Wildman–Crippen LogP) is 3.02. The molecule has 0 bridgehead atoms. The number of nitrogens with zero attached hydrogens (tertiary/aromatic N) is 3. The molecule has 72 valence electrons. The first-order valence-corrected chi connectivity index (χ1v) is 4.21. The van der Waals surface area contributed by atoms with Gasteiger partial charge in [0.2, 0.25) is 0 Å². The topological polar surface area (TPSA) is 69.0 Å². The number of aromatic hydroxyl groups is 1. The lowest BCUT2D eigenvalue weighted by atomic mass is 10.1. The van der Waals surface area contributed by atoms with Crippen LogP contribution in [0, 0.1) is 6.92 Å². The number of benzene rings is 1. The Morgan fingerprint density at radius 3 is 3.00 bits per heavy atom. The average molecular weight is 189 g/mol. The smallest absolute Gasteiger partial charge is 0.115 e. The number of azide groups is 1. The van der Waals surface area contributed by atoms with E-state index in [1.54, 1.807) is 18.2 Å². The lowest BCUT2D eigenvalue weighted by Gasteiger charge is -1.99. The molecule has 0 radical (unpaired) electrons. The molecule has 0 amide bonds. The number of rotatable bonds is 3. The van der Waals surface area contributed by atoms with E-state index in [1.165, 1.54) is 0 Å². The lowest BCUT2D eigenvalue weighted by molar-refractivity contribution is 0.475. The molecule has 0 atom stereocenters. The average Bonchev–Trinajstić information content (AvgIpc) is 2.15. The first-order chi connectivity index (χ1) is 6.74. The van der Waals surface area contributed by atoms with Crippen molar-refractivity contribution in [1.29, 1.82) is 0 Å². The van der Waals surface area contributed by atoms with Gasteiger partial charge in [0.25, 0.3) is 0 Å². The molecule has 0 spiro atoms. The lowest BCUT2D eigenvalue weighted by Crippen LogP contribution is -1.79. The Hall–Kier alpha value is -1.93. The summed E-state index contributed by atoms with van der Waals surface area (Å²) in [5.41, 5.74) is 10.0. The highest BCUT2D eigenvalue weighted by Crippen LogP contribution is 2.16. The zero-order valence-electron chi connectivity index (χ0n) is 7.88. The summed E-state index contributed by atoms with van der Waals surface area (Å²) in [5.74, 6) is 0.259. The highest BCUT2D eigenvalue weighted by atomic mass is 16.3. The van der Waals surface area contributed by atoms with E-state index >= 15 is 0 Å². The van der Waals surface area contributed by atoms with E-state index in [0.717, 1.165) is 11.1 Å². The normalized spacial score (nSPS) is 10.1. The fraction of sp³-hybridized carbons (Fsp3) is 0.200. The molecule has 4 heteroatoms. The SMILES string of the molecule is Cc1cc(O)ccc1C=CCN=[N+]=[N-]. The van der Waals surface area contributed by atoms with Crippen LogP contribution in [0.3, 0.4) is 0 Å². The van der Waals surface area contributed by atoms with E-state index in [0.29, 0.717) is 6.54 Å². The third kappa shape index (κ3) is 2.84. The monoisotopic (exact) mass is 189 g/mol. The number of hydrogen-bond donors (Lipinski definition) is 1. The molecule has 1 aromatic carbocycles. The van der Waals surface area contributed by atoms with Crippen molar-refractivity contribution in [3.8, 4) is 5.75 Å². The first-order valence-electron chi connectivity index (χ1n) is 4.21. The molecule has 0 heterocycles. The Balaban J connectivity index is 2.76. The standard InChI is InChI=1S/C10H11N3O/c1-8-7-10(14)5-4-9(8)3-2-6-12-13-11/h2-5,7,14H,6H2,1H3. The van der Waals surface area contributed by atoms with E-state index in [9.17, 15) is 0 Å². The minimum absolute atomic E-state index is 0.259. The summed E-state index contributed by atoms with van der Waals surface area (Å²) in [6.07, 6.45) is 3.64. The van der Waals surface area contributed by atoms with Gasteiger partial charge in [0, 0.05) is 11.5 Å². The van der Waals surface area contributed by atoms with Gasteiger partial charge in [0.1, 0.15) is 5.75 Å². The number of phenols is 1. The van der Waals surface area contributed by atoms with Gasteiger partial charge in [-0.25, -0.2) is 0 Å². The first kappa shape index (κ1) is 10.2. The van der Waals surface area contributed by atoms with Crippen LogP contribution in [0.15, 0.2) is 29.4 Å². The summed E-state index contributed by atoms with van der Waals surface area (Å²) in [7, 11) is 0. The maximum atomic E-state index is 9.16. The van der Waals surface area contributed by atoms with Crippen molar-refractivity contribution >= 4 is 6.08 Å². The highest BCUT2D eigenvalue weighted by Gasteiger charge is 1.94. The van der Waals surface area contributed by atoms with Gasteiger partial charge in [-0.1, -0.05) is 23.3 Å². The van der Waals surface area contributed by atoms with Crippen LogP contribution in [-0.2, 0) is 0 Å². The van der Waals surface area contributed by atoms with Crippen molar-refractivity contribution in [2.24, 2.45) is 5.11 Å². The molecular formula is C10H11N3O. The Morgan fingerprint density at radius 1 is 1.57 bits per heavy atom. The summed E-state index contributed by atoms with van der Waals surface area (Å²) in [6, 6.07) is 5.13. The van der Waals surface area contributed by atoms with Crippen molar-refractivity contribution in [3.63, 3.8) is 0 Å². The maximum Gasteiger partial charge on any atom is 0.115 e. The van der Waals surface area contributed by atoms with Crippen molar-refractivity contribution in [3.05, 3.63) is 45.8 Å². The summed E-state index contributed by atoms with van der Waals surface area (Å²) >= 11 is 0. The fourth-order valence-corrected chi connectivity index (χ4v) is 1.11. The molecule has 1 aromatic rings. The van der Waals surface area contributed by atoms with Gasteiger partial charge in [-0.3, -0.25) is 0 Å². The second-order valence-corrected chi connectivity index (χ2v) is 2.86. The van der Waals surface area contributed by atoms with E-state index in [1.807, 2.05) is 19.1 Å². The molecular weight excluding hydrogens is 178 g/mol. The molecule has 0 fully saturated rings. The highest BCUT2D eigenvalue weighted by molar-refractivity contribution is 5.55. The summed E-state index contributed by atoms with van der Waals surface area (Å²) in [5, 5.41) is 12.5. The minimum atomic E-state index is 0.259. The zero-order valence-corrected chi connectivity index (χ0v) is 7.88. The largest absolute Gasteiger partial charge is 0.508 e. The van der Waals surface area contributed by atoms with Crippen LogP contribution in [0.25, 0.3) is 16.5 Å². The van der Waals surface area contributed by atoms with Gasteiger partial charge in [-0.2, -0.15) is 0 Å². The molecule has 1 N–H and O–H groups in total. The van der Waals surface area contributed by atoms with Crippen LogP contribution in [0.5, 0.6) is 5.75 Å². The molecule has 0 unspecified atom stereocenters. The Morgan fingerprint density at radius 2 is 2.36 bits per heavy atom. The summed E-state index contributed by atoms with van der Waals surface area (Å²) < 4.78 is 0. The van der Waals surface area contributed by atoms with Crippen molar-refractivity contribution in [1.82, 2.24) is 0 Å². The van der Waals surface area contributed by atoms with E-state index in [4.69, 9.17) is 10.6 Å². The molecule has 1 rings (SSSR count). The van der Waals surface area contributed by atoms with Crippen LogP contribution in [0.4, 0.5) is 0 Å². The van der Waals surface area contributed by atoms with Gasteiger partial charge >= 0.3 is 0 Å². The predicted molar refractivity (Wildman–Crippen MR) is 55.9 cm³/mol. The van der Waals surface area contributed by atoms with Crippen LogP contribution in [0.2, 0.25) is 0 Å². The molecule has 14 heavy (non-hydrogen) atoms. The van der Waals surface area contributed by atoms with Crippen LogP contribution in [-0.4, -0.2) is 11.7 Å². The molecule has 0 aliphatic carbocycles. The third-order valence-electron chi connectivity index (χ3n) is 1.80. The van der Waals surface area contributed by atoms with Gasteiger partial charge in [0.15, 0.2) is 0 Å². The minimum Gasteiger partial charge on any atom is -0.508 e. The number of phenolic OH excluding ortho intramolecular Hbond substituents is 1. The quantitative estimate of drug-likeness (QED) is 0.443. The molecule has 0 aromatic heterocycles. The Kier molecular flexibility index (Phi) is 3.58. The molecule has 0 saturated carbocycles. The fourth-order valence-electron chi connectivity index (χ4n) is 1.11. The molecule has 4 nitrogen and oxygen atoms in total. The Labute approximate surface area is 82.1 Å². The van der Waals surface area contributed by atoms with Gasteiger partial charge in [-0.15, -0.1) is 0 Å². The van der Waals surface area contributed by atoms with Gasteiger partial charge in [0.05, 0.1) is 0 Å². The van der Waals surface area contributed by atoms with E-state index < -0.39 is 0 Å². The summed E-state index contributed by atoms with van der Waals surface area (Å²) in [4.78, 5) is 2.64. The van der Waals surface area contributed by atoms with E-state index in [-0.39, 0.29) is 5.75 Å². The van der Waals surface area contributed by atoms with Gasteiger partial charge < -0.3 is 5.11 Å². The van der Waals surface area contributed by atoms with Crippen LogP contribution >= 0.6 is 0 Å². The van der Waals surface area contributed by atoms with Crippen LogP contribution in [0.1, 0.15) is 11.1 Å². The molecule has 0 saturated heterocycles. The van der Waals surface area contributed by atoms with Crippen molar-refractivity contribution < 1.29 is 5.11 Å². The maximum absolute atomic E-state index is 9.16. The third-order valence-corrected chi connectivity index (χ3v) is 1.80. The van der Waals surface area contributed by atoms with E-state index in [2.05, 4.69) is 10.0 Å². The summed E-state index contributed by atoms with van der Waals surface area (Å²) in [6.45, 7) is 2.25. The van der Waals surface area contributed by atoms with Gasteiger partial charge in [-0.05, 0) is 35.7 Å². The number of aryl methyl sites for hydroxylation is 1. The Bertz CT molecular complexity index is 392. The number of hydrogen-bond acceptors (Lipinski definition) is 2. The van der Waals surface area contributed by atoms with Crippen LogP contribution < -0.4 is 0 Å². The zero-order chi connectivity index (χ0) is 10.4. The second kappa shape index (κ2) is 4.94.